The Morgan fingerprint density at radius 1 is 1.16 bits per heavy atom. The topological polar surface area (TPSA) is 117 Å². The van der Waals surface area contributed by atoms with Crippen molar-refractivity contribution in [2.75, 3.05) is 13.7 Å². The van der Waals surface area contributed by atoms with Gasteiger partial charge in [0.1, 0.15) is 17.1 Å². The number of aromatic amines is 2. The molecule has 0 unspecified atom stereocenters. The highest BCUT2D eigenvalue weighted by atomic mass is 19.1. The first-order valence-electron chi connectivity index (χ1n) is 9.84. The Morgan fingerprint density at radius 2 is 1.94 bits per heavy atom. The van der Waals surface area contributed by atoms with Crippen LogP contribution in [0.25, 0.3) is 16.6 Å². The molecule has 0 aliphatic carbocycles. The number of nitrogens with two attached hydrogens (primary N) is 1. The fraction of sp³-hybridized carbons (Fsp3) is 0.182. The summed E-state index contributed by atoms with van der Waals surface area (Å²) in [4.78, 5) is 30.9. The molecule has 2 aromatic heterocycles. The minimum Gasteiger partial charge on any atom is -0.497 e. The second-order valence-electron chi connectivity index (χ2n) is 7.49. The molecule has 9 heteroatoms. The Balaban J connectivity index is 1.72. The second-order valence-corrected chi connectivity index (χ2v) is 7.49. The number of nitrogens with zero attached hydrogens (tertiary/aromatic N) is 1. The Bertz CT molecular complexity index is 1420. The van der Waals surface area contributed by atoms with Crippen LogP contribution in [0.5, 0.6) is 11.6 Å². The predicted octanol–water partition coefficient (Wildman–Crippen LogP) is 1.07. The van der Waals surface area contributed by atoms with Gasteiger partial charge < -0.3 is 20.1 Å². The number of ether oxygens (including phenoxy) is 1. The Morgan fingerprint density at radius 3 is 2.68 bits per heavy atom. The average molecular weight is 423 g/mol. The number of hydrogen-bond acceptors (Lipinski definition) is 4. The molecule has 1 aliphatic heterocycles. The third-order valence-electron chi connectivity index (χ3n) is 5.77. The van der Waals surface area contributed by atoms with Crippen molar-refractivity contribution in [3.8, 4) is 17.3 Å². The van der Waals surface area contributed by atoms with Crippen molar-refractivity contribution in [3.63, 3.8) is 0 Å². The van der Waals surface area contributed by atoms with Gasteiger partial charge in [0.15, 0.2) is 6.04 Å². The Kier molecular flexibility index (Phi) is 4.40. The number of H-pyrrole nitrogens is 2. The van der Waals surface area contributed by atoms with Crippen LogP contribution in [0, 0.1) is 5.82 Å². The Hall–Kier alpha value is -3.85. The molecule has 4 aromatic rings. The predicted molar refractivity (Wildman–Crippen MR) is 111 cm³/mol. The number of benzene rings is 2. The van der Waals surface area contributed by atoms with E-state index in [0.29, 0.717) is 6.54 Å². The van der Waals surface area contributed by atoms with E-state index in [2.05, 4.69) is 9.97 Å². The largest absolute Gasteiger partial charge is 0.497 e. The lowest BCUT2D eigenvalue weighted by Gasteiger charge is -2.22. The molecule has 0 amide bonds. The molecular weight excluding hydrogens is 403 g/mol. The zero-order valence-electron chi connectivity index (χ0n) is 16.6. The molecule has 158 valence electrons. The van der Waals surface area contributed by atoms with Gasteiger partial charge in [0.25, 0.3) is 5.56 Å². The summed E-state index contributed by atoms with van der Waals surface area (Å²) in [6.07, 6.45) is 0.773. The van der Waals surface area contributed by atoms with Crippen LogP contribution in [0.1, 0.15) is 22.9 Å². The molecule has 3 heterocycles. The number of rotatable bonds is 3. The summed E-state index contributed by atoms with van der Waals surface area (Å²) in [5.74, 6) is -0.212. The second kappa shape index (κ2) is 7.13. The summed E-state index contributed by atoms with van der Waals surface area (Å²) in [6, 6.07) is 10.3. The minimum absolute atomic E-state index is 0.0587. The van der Waals surface area contributed by atoms with Gasteiger partial charge in [0, 0.05) is 17.3 Å². The fourth-order valence-electron chi connectivity index (χ4n) is 4.33. The molecule has 31 heavy (non-hydrogen) atoms. The van der Waals surface area contributed by atoms with Crippen molar-refractivity contribution in [1.82, 2.24) is 14.5 Å². The van der Waals surface area contributed by atoms with Crippen LogP contribution in [-0.2, 0) is 6.42 Å². The third-order valence-corrected chi connectivity index (χ3v) is 5.77. The highest BCUT2D eigenvalue weighted by Gasteiger charge is 2.34. The molecule has 0 radical (unpaired) electrons. The maximum absolute atomic E-state index is 13.3. The first-order chi connectivity index (χ1) is 15.0. The van der Waals surface area contributed by atoms with E-state index in [1.807, 2.05) is 23.5 Å². The molecule has 0 spiro atoms. The van der Waals surface area contributed by atoms with Crippen LogP contribution < -0.4 is 21.3 Å². The quantitative estimate of drug-likeness (QED) is 0.394. The molecule has 0 bridgehead atoms. The Labute approximate surface area is 174 Å². The van der Waals surface area contributed by atoms with E-state index in [4.69, 9.17) is 4.74 Å². The molecule has 5 N–H and O–H groups in total. The summed E-state index contributed by atoms with van der Waals surface area (Å²) in [6.45, 7) is 0.691. The van der Waals surface area contributed by atoms with E-state index in [-0.39, 0.29) is 11.3 Å². The molecule has 5 rings (SSSR count). The minimum atomic E-state index is -0.796. The van der Waals surface area contributed by atoms with Gasteiger partial charge >= 0.3 is 5.69 Å². The van der Waals surface area contributed by atoms with Gasteiger partial charge in [0.2, 0.25) is 5.88 Å². The van der Waals surface area contributed by atoms with E-state index >= 15 is 0 Å². The fourth-order valence-corrected chi connectivity index (χ4v) is 4.33. The smallest absolute Gasteiger partial charge is 0.335 e. The summed E-state index contributed by atoms with van der Waals surface area (Å²) in [5, 5.41) is 13.9. The molecule has 1 atom stereocenters. The van der Waals surface area contributed by atoms with Crippen LogP contribution in [0.15, 0.2) is 52.1 Å². The van der Waals surface area contributed by atoms with Gasteiger partial charge in [-0.1, -0.05) is 0 Å². The maximum atomic E-state index is 13.3. The van der Waals surface area contributed by atoms with Crippen molar-refractivity contribution in [2.45, 2.75) is 12.5 Å². The number of halogens is 1. The number of hydrogen-bond donors (Lipinski definition) is 4. The lowest BCUT2D eigenvalue weighted by atomic mass is 9.95. The monoisotopic (exact) mass is 423 g/mol. The van der Waals surface area contributed by atoms with Gasteiger partial charge in [-0.2, -0.15) is 0 Å². The average Bonchev–Trinajstić information content (AvgIpc) is 3.13. The molecule has 0 saturated heterocycles. The van der Waals surface area contributed by atoms with E-state index in [0.717, 1.165) is 38.9 Å². The number of fused-ring (bicyclic) bond motifs is 3. The van der Waals surface area contributed by atoms with Gasteiger partial charge in [-0.05, 0) is 48.0 Å². The number of quaternary nitrogens is 1. The summed E-state index contributed by atoms with van der Waals surface area (Å²) < 4.78 is 19.6. The SMILES string of the molecule is COc1ccc2[nH]c3c(c2c1)CC[NH2+][C@H]3c1c(O)n(-c2ccc(F)cc2)c(=O)[nH]c1=O. The third kappa shape index (κ3) is 3.01. The maximum Gasteiger partial charge on any atom is 0.335 e. The summed E-state index contributed by atoms with van der Waals surface area (Å²) in [5.41, 5.74) is 1.58. The van der Waals surface area contributed by atoms with Gasteiger partial charge in [0.05, 0.1) is 25.0 Å². The van der Waals surface area contributed by atoms with E-state index < -0.39 is 29.0 Å². The van der Waals surface area contributed by atoms with Crippen LogP contribution in [0.2, 0.25) is 0 Å². The normalized spacial score (nSPS) is 15.7. The van der Waals surface area contributed by atoms with Gasteiger partial charge in [-0.25, -0.2) is 13.8 Å². The van der Waals surface area contributed by atoms with E-state index in [1.54, 1.807) is 7.11 Å². The molecule has 1 aliphatic rings. The summed E-state index contributed by atoms with van der Waals surface area (Å²) >= 11 is 0. The molecule has 0 saturated carbocycles. The first-order valence-corrected chi connectivity index (χ1v) is 9.84. The zero-order valence-corrected chi connectivity index (χ0v) is 16.6. The van der Waals surface area contributed by atoms with Gasteiger partial charge in [-0.3, -0.25) is 9.78 Å². The van der Waals surface area contributed by atoms with Gasteiger partial charge in [-0.15, -0.1) is 0 Å². The lowest BCUT2D eigenvalue weighted by Crippen LogP contribution is -2.87. The van der Waals surface area contributed by atoms with Crippen molar-refractivity contribution >= 4 is 10.9 Å². The van der Waals surface area contributed by atoms with Crippen molar-refractivity contribution in [2.24, 2.45) is 0 Å². The molecule has 8 nitrogen and oxygen atoms in total. The highest BCUT2D eigenvalue weighted by molar-refractivity contribution is 5.86. The number of aromatic hydroxyl groups is 1. The van der Waals surface area contributed by atoms with Crippen LogP contribution in [0.3, 0.4) is 0 Å². The standard InChI is InChI=1S/C22H19FN4O4/c1-31-13-6-7-16-15(10-13)14-8-9-24-19(18(14)25-16)17-20(28)26-22(30)27(21(17)29)12-4-2-11(23)3-5-12/h2-7,10,19,24-25,29H,8-9H2,1H3,(H,26,28,30)/p+1/t19-/m0/s1. The first kappa shape index (κ1) is 19.1. The molecular formula is C22H20FN4O4+. The van der Waals surface area contributed by atoms with Crippen molar-refractivity contribution in [3.05, 3.63) is 85.9 Å². The van der Waals surface area contributed by atoms with Crippen molar-refractivity contribution < 1.29 is 19.6 Å². The van der Waals surface area contributed by atoms with Crippen molar-refractivity contribution in [1.29, 1.82) is 0 Å². The molecule has 0 fully saturated rings. The van der Waals surface area contributed by atoms with E-state index in [9.17, 15) is 19.1 Å². The van der Waals surface area contributed by atoms with Crippen LogP contribution >= 0.6 is 0 Å². The summed E-state index contributed by atoms with van der Waals surface area (Å²) in [7, 11) is 1.60. The van der Waals surface area contributed by atoms with Crippen LogP contribution in [0.4, 0.5) is 4.39 Å². The lowest BCUT2D eigenvalue weighted by molar-refractivity contribution is -0.690. The number of nitrogens with one attached hydrogen (secondary N) is 2. The van der Waals surface area contributed by atoms with Crippen LogP contribution in [-0.4, -0.2) is 33.3 Å². The number of methoxy groups -OCH3 is 1. The zero-order chi connectivity index (χ0) is 21.7. The van der Waals surface area contributed by atoms with E-state index in [1.165, 1.54) is 24.3 Å². The number of aromatic nitrogens is 3. The highest BCUT2D eigenvalue weighted by Crippen LogP contribution is 2.34. The molecule has 2 aromatic carbocycles.